The van der Waals surface area contributed by atoms with Crippen LogP contribution in [0, 0.1) is 0 Å². The molecule has 0 aromatic heterocycles. The fourth-order valence-corrected chi connectivity index (χ4v) is 5.90. The van der Waals surface area contributed by atoms with E-state index in [4.69, 9.17) is 23.7 Å². The number of halogens is 1. The number of benzene rings is 4. The molecule has 4 rings (SSSR count). The van der Waals surface area contributed by atoms with E-state index in [1.54, 1.807) is 12.1 Å². The van der Waals surface area contributed by atoms with Crippen LogP contribution >= 0.6 is 15.9 Å². The Labute approximate surface area is 326 Å². The number of hydrogen-bond acceptors (Lipinski definition) is 9. The maximum Gasteiger partial charge on any atom is 0.347 e. The van der Waals surface area contributed by atoms with Gasteiger partial charge in [-0.3, -0.25) is 0 Å². The maximum absolute atomic E-state index is 12.9. The van der Waals surface area contributed by atoms with Crippen molar-refractivity contribution in [1.82, 2.24) is 0 Å². The van der Waals surface area contributed by atoms with Crippen LogP contribution in [0.25, 0.3) is 11.1 Å². The van der Waals surface area contributed by atoms with E-state index >= 15 is 0 Å². The summed E-state index contributed by atoms with van der Waals surface area (Å²) in [6, 6.07) is 24.8. The third kappa shape index (κ3) is 13.5. The lowest BCUT2D eigenvalue weighted by Crippen LogP contribution is -2.26. The molecule has 0 saturated carbocycles. The van der Waals surface area contributed by atoms with E-state index in [1.165, 1.54) is 87.6 Å². The second-order valence-corrected chi connectivity index (χ2v) is 13.8. The molecular formula is C44H49BrO9. The van der Waals surface area contributed by atoms with Gasteiger partial charge in [-0.1, -0.05) is 83.4 Å². The van der Waals surface area contributed by atoms with Crippen LogP contribution in [0.1, 0.15) is 116 Å². The summed E-state index contributed by atoms with van der Waals surface area (Å²) in [6.07, 6.45) is 10.1. The van der Waals surface area contributed by atoms with Crippen LogP contribution in [0.4, 0.5) is 0 Å². The molecule has 54 heavy (non-hydrogen) atoms. The van der Waals surface area contributed by atoms with Crippen molar-refractivity contribution in [3.8, 4) is 28.4 Å². The van der Waals surface area contributed by atoms with Crippen molar-refractivity contribution in [1.29, 1.82) is 0 Å². The number of carbonyl (C=O) groups excluding carboxylic acids is 4. The van der Waals surface area contributed by atoms with Gasteiger partial charge in [-0.25, -0.2) is 19.2 Å². The number of esters is 4. The molecule has 1 atom stereocenters. The number of rotatable bonds is 21. The van der Waals surface area contributed by atoms with Gasteiger partial charge in [-0.05, 0) is 120 Å². The Balaban J connectivity index is 1.22. The molecule has 1 unspecified atom stereocenters. The predicted molar refractivity (Wildman–Crippen MR) is 211 cm³/mol. The number of unbranched alkanes of at least 4 members (excludes halogenated alkanes) is 8. The monoisotopic (exact) mass is 800 g/mol. The van der Waals surface area contributed by atoms with Crippen molar-refractivity contribution in [3.63, 3.8) is 0 Å². The fraction of sp³-hybridized carbons (Fsp3) is 0.364. The van der Waals surface area contributed by atoms with Gasteiger partial charge in [-0.2, -0.15) is 0 Å². The van der Waals surface area contributed by atoms with E-state index in [0.717, 1.165) is 53.5 Å². The quantitative estimate of drug-likeness (QED) is 0.0461. The van der Waals surface area contributed by atoms with Crippen molar-refractivity contribution in [3.05, 3.63) is 112 Å². The molecule has 9 nitrogen and oxygen atoms in total. The third-order valence-electron chi connectivity index (χ3n) is 8.60. The Kier molecular flexibility index (Phi) is 17.3. The molecule has 0 aliphatic heterocycles. The van der Waals surface area contributed by atoms with Gasteiger partial charge in [0.2, 0.25) is 0 Å². The summed E-state index contributed by atoms with van der Waals surface area (Å²) in [5.74, 6) is -1.21. The van der Waals surface area contributed by atoms with Gasteiger partial charge >= 0.3 is 23.9 Å². The van der Waals surface area contributed by atoms with E-state index in [0.29, 0.717) is 12.2 Å². The van der Waals surface area contributed by atoms with E-state index in [-0.39, 0.29) is 29.2 Å². The van der Waals surface area contributed by atoms with Crippen molar-refractivity contribution in [2.45, 2.75) is 91.1 Å². The second-order valence-electron chi connectivity index (χ2n) is 12.9. The minimum Gasteiger partial charge on any atom is -0.492 e. The Morgan fingerprint density at radius 3 is 1.57 bits per heavy atom. The highest BCUT2D eigenvalue weighted by atomic mass is 79.9. The molecule has 0 spiro atoms. The summed E-state index contributed by atoms with van der Waals surface area (Å²) in [5.41, 5.74) is 2.71. The largest absolute Gasteiger partial charge is 0.492 e. The molecule has 0 fully saturated rings. The Morgan fingerprint density at radius 1 is 0.556 bits per heavy atom. The average molecular weight is 802 g/mol. The van der Waals surface area contributed by atoms with Gasteiger partial charge in [0.25, 0.3) is 0 Å². The number of carbonyl (C=O) groups is 4. The Morgan fingerprint density at radius 2 is 1.02 bits per heavy atom. The first-order valence-corrected chi connectivity index (χ1v) is 19.5. The van der Waals surface area contributed by atoms with Gasteiger partial charge in [0.05, 0.1) is 34.4 Å². The van der Waals surface area contributed by atoms with Crippen LogP contribution in [-0.4, -0.2) is 43.2 Å². The molecule has 0 heterocycles. The third-order valence-corrected chi connectivity index (χ3v) is 9.22. The molecule has 10 heteroatoms. The zero-order chi connectivity index (χ0) is 38.7. The molecule has 0 N–H and O–H groups in total. The molecule has 0 bridgehead atoms. The van der Waals surface area contributed by atoms with Gasteiger partial charge in [0.15, 0.2) is 6.10 Å². The smallest absolute Gasteiger partial charge is 0.347 e. The first-order valence-electron chi connectivity index (χ1n) is 18.7. The normalized spacial score (nSPS) is 11.3. The fourth-order valence-electron chi connectivity index (χ4n) is 5.41. The van der Waals surface area contributed by atoms with E-state index in [1.807, 2.05) is 30.3 Å². The Bertz CT molecular complexity index is 1800. The van der Waals surface area contributed by atoms with Crippen molar-refractivity contribution in [2.75, 3.05) is 13.2 Å². The van der Waals surface area contributed by atoms with Gasteiger partial charge in [0.1, 0.15) is 17.2 Å². The van der Waals surface area contributed by atoms with Crippen LogP contribution in [0.15, 0.2) is 95.5 Å². The minimum atomic E-state index is -1.05. The summed E-state index contributed by atoms with van der Waals surface area (Å²) < 4.78 is 28.2. The molecule has 4 aromatic rings. The van der Waals surface area contributed by atoms with Gasteiger partial charge in [-0.15, -0.1) is 0 Å². The first-order chi connectivity index (χ1) is 26.2. The van der Waals surface area contributed by atoms with E-state index in [2.05, 4.69) is 29.8 Å². The van der Waals surface area contributed by atoms with Crippen LogP contribution < -0.4 is 14.2 Å². The standard InChI is InChI=1S/C44H49BrO9/c1-4-6-8-10-11-13-28-50-40-27-22-36(30-39(40)45)32-14-16-33(17-15-32)43(48)53-38-25-20-35(21-26-38)44(49)54-37-23-18-34(19-24-37)42(47)52-31(3)41(46)51-29-12-9-7-5-2/h14-27,30-31H,4-13,28-29H2,1-3H3. The molecule has 4 aromatic carbocycles. The average Bonchev–Trinajstić information content (AvgIpc) is 3.18. The lowest BCUT2D eigenvalue weighted by Gasteiger charge is -2.13. The molecular weight excluding hydrogens is 752 g/mol. The Hall–Kier alpha value is -4.96. The van der Waals surface area contributed by atoms with Crippen LogP contribution in [-0.2, 0) is 14.3 Å². The van der Waals surface area contributed by atoms with Gasteiger partial charge in [0, 0.05) is 0 Å². The van der Waals surface area contributed by atoms with E-state index in [9.17, 15) is 19.2 Å². The first kappa shape index (κ1) is 41.8. The highest BCUT2D eigenvalue weighted by Crippen LogP contribution is 2.31. The summed E-state index contributed by atoms with van der Waals surface area (Å²) in [5, 5.41) is 0. The molecule has 0 amide bonds. The minimum absolute atomic E-state index is 0.185. The highest BCUT2D eigenvalue weighted by Gasteiger charge is 2.21. The lowest BCUT2D eigenvalue weighted by molar-refractivity contribution is -0.153. The van der Waals surface area contributed by atoms with Crippen LogP contribution in [0.5, 0.6) is 17.2 Å². The zero-order valence-corrected chi connectivity index (χ0v) is 32.9. The summed E-state index contributed by atoms with van der Waals surface area (Å²) >= 11 is 3.62. The van der Waals surface area contributed by atoms with Crippen molar-refractivity contribution >= 4 is 39.8 Å². The van der Waals surface area contributed by atoms with Crippen LogP contribution in [0.3, 0.4) is 0 Å². The van der Waals surface area contributed by atoms with Crippen molar-refractivity contribution < 1.29 is 42.9 Å². The molecule has 0 radical (unpaired) electrons. The lowest BCUT2D eigenvalue weighted by atomic mass is 10.0. The van der Waals surface area contributed by atoms with E-state index < -0.39 is 30.0 Å². The van der Waals surface area contributed by atoms with Gasteiger partial charge < -0.3 is 23.7 Å². The summed E-state index contributed by atoms with van der Waals surface area (Å²) in [7, 11) is 0. The highest BCUT2D eigenvalue weighted by molar-refractivity contribution is 9.10. The molecule has 0 saturated heterocycles. The molecule has 0 aliphatic carbocycles. The second kappa shape index (κ2) is 22.3. The molecule has 0 aliphatic rings. The summed E-state index contributed by atoms with van der Waals surface area (Å²) in [4.78, 5) is 50.3. The van der Waals surface area contributed by atoms with Crippen molar-refractivity contribution in [2.24, 2.45) is 0 Å². The SMILES string of the molecule is CCCCCCCCOc1ccc(-c2ccc(C(=O)Oc3ccc(C(=O)Oc4ccc(C(=O)OC(C)C(=O)OCCCCCC)cc4)cc3)cc2)cc1Br. The number of ether oxygens (including phenoxy) is 5. The molecule has 286 valence electrons. The summed E-state index contributed by atoms with van der Waals surface area (Å²) in [6.45, 7) is 6.74. The maximum atomic E-state index is 12.9. The predicted octanol–water partition coefficient (Wildman–Crippen LogP) is 11.0. The zero-order valence-electron chi connectivity index (χ0n) is 31.3. The number of hydrogen-bond donors (Lipinski definition) is 0. The van der Waals surface area contributed by atoms with Crippen LogP contribution in [0.2, 0.25) is 0 Å². The topological polar surface area (TPSA) is 114 Å².